The number of hydrogen-bond donors (Lipinski definition) is 1. The maximum absolute atomic E-state index is 12.2. The van der Waals surface area contributed by atoms with Crippen LogP contribution in [-0.4, -0.2) is 34.9 Å². The molecule has 20 heavy (non-hydrogen) atoms. The van der Waals surface area contributed by atoms with E-state index in [9.17, 15) is 4.79 Å². The molecule has 1 fully saturated rings. The lowest BCUT2D eigenvalue weighted by molar-refractivity contribution is -0.134. The standard InChI is InChI=1S/C14H21N3O.2ClH/c15-11-13-3-1-2-10-17(13)14(18)5-4-12-6-8-16-9-7-12;;/h6-9,13H,1-5,10-11,15H2;2*1H. The van der Waals surface area contributed by atoms with E-state index < -0.39 is 0 Å². The molecule has 2 rings (SSSR count). The van der Waals surface area contributed by atoms with E-state index in [0.717, 1.165) is 25.8 Å². The fourth-order valence-corrected chi connectivity index (χ4v) is 2.52. The van der Waals surface area contributed by atoms with E-state index in [-0.39, 0.29) is 36.8 Å². The number of carbonyl (C=O) groups is 1. The van der Waals surface area contributed by atoms with Crippen molar-refractivity contribution in [2.24, 2.45) is 5.73 Å². The van der Waals surface area contributed by atoms with Crippen molar-refractivity contribution in [3.63, 3.8) is 0 Å². The van der Waals surface area contributed by atoms with Crippen molar-refractivity contribution in [3.8, 4) is 0 Å². The topological polar surface area (TPSA) is 59.2 Å². The predicted molar refractivity (Wildman–Crippen MR) is 85.5 cm³/mol. The molecular formula is C14H23Cl2N3O. The van der Waals surface area contributed by atoms with Gasteiger partial charge in [-0.3, -0.25) is 9.78 Å². The van der Waals surface area contributed by atoms with E-state index in [1.54, 1.807) is 12.4 Å². The molecule has 0 saturated carbocycles. The van der Waals surface area contributed by atoms with Crippen molar-refractivity contribution in [2.75, 3.05) is 13.1 Å². The van der Waals surface area contributed by atoms with E-state index in [0.29, 0.717) is 13.0 Å². The summed E-state index contributed by atoms with van der Waals surface area (Å²) in [7, 11) is 0. The number of likely N-dealkylation sites (tertiary alicyclic amines) is 1. The Morgan fingerprint density at radius 1 is 1.30 bits per heavy atom. The number of carbonyl (C=O) groups excluding carboxylic acids is 1. The van der Waals surface area contributed by atoms with Crippen LogP contribution in [-0.2, 0) is 11.2 Å². The summed E-state index contributed by atoms with van der Waals surface area (Å²) in [6, 6.07) is 4.18. The molecule has 0 aliphatic carbocycles. The Kier molecular flexibility index (Phi) is 9.55. The summed E-state index contributed by atoms with van der Waals surface area (Å²) in [5, 5.41) is 0. The van der Waals surface area contributed by atoms with Crippen LogP contribution in [0, 0.1) is 0 Å². The van der Waals surface area contributed by atoms with E-state index in [2.05, 4.69) is 4.98 Å². The summed E-state index contributed by atoms with van der Waals surface area (Å²) in [6.45, 7) is 1.46. The fraction of sp³-hybridized carbons (Fsp3) is 0.571. The Morgan fingerprint density at radius 2 is 2.00 bits per heavy atom. The lowest BCUT2D eigenvalue weighted by atomic mass is 10.0. The van der Waals surface area contributed by atoms with Gasteiger partial charge in [-0.2, -0.15) is 0 Å². The van der Waals surface area contributed by atoms with Gasteiger partial charge in [0.15, 0.2) is 0 Å². The van der Waals surface area contributed by atoms with Crippen molar-refractivity contribution in [1.29, 1.82) is 0 Å². The van der Waals surface area contributed by atoms with Gasteiger partial charge in [0.25, 0.3) is 0 Å². The van der Waals surface area contributed by atoms with Gasteiger partial charge in [-0.05, 0) is 43.4 Å². The van der Waals surface area contributed by atoms with Crippen LogP contribution >= 0.6 is 24.8 Å². The molecule has 2 N–H and O–H groups in total. The number of amides is 1. The van der Waals surface area contributed by atoms with Gasteiger partial charge in [0.2, 0.25) is 5.91 Å². The molecule has 1 aliphatic heterocycles. The number of nitrogens with zero attached hydrogens (tertiary/aromatic N) is 2. The molecule has 0 bridgehead atoms. The quantitative estimate of drug-likeness (QED) is 0.925. The van der Waals surface area contributed by atoms with E-state index in [1.807, 2.05) is 17.0 Å². The molecule has 0 spiro atoms. The summed E-state index contributed by atoms with van der Waals surface area (Å²) in [6.07, 6.45) is 8.24. The highest BCUT2D eigenvalue weighted by Crippen LogP contribution is 2.17. The highest BCUT2D eigenvalue weighted by atomic mass is 35.5. The van der Waals surface area contributed by atoms with Crippen LogP contribution in [0.25, 0.3) is 0 Å². The highest BCUT2D eigenvalue weighted by Gasteiger charge is 2.24. The average molecular weight is 320 g/mol. The first-order valence-corrected chi connectivity index (χ1v) is 6.69. The SMILES string of the molecule is Cl.Cl.NCC1CCCCN1C(=O)CCc1ccncc1. The molecule has 114 valence electrons. The molecular weight excluding hydrogens is 297 g/mol. The van der Waals surface area contributed by atoms with Crippen molar-refractivity contribution in [1.82, 2.24) is 9.88 Å². The van der Waals surface area contributed by atoms with Gasteiger partial charge in [0.05, 0.1) is 0 Å². The molecule has 1 aromatic heterocycles. The summed E-state index contributed by atoms with van der Waals surface area (Å²) >= 11 is 0. The summed E-state index contributed by atoms with van der Waals surface area (Å²) in [5.41, 5.74) is 6.90. The largest absolute Gasteiger partial charge is 0.338 e. The number of aryl methyl sites for hydroxylation is 1. The number of hydrogen-bond acceptors (Lipinski definition) is 3. The zero-order valence-electron chi connectivity index (χ0n) is 11.5. The Hall–Kier alpha value is -0.840. The molecule has 1 unspecified atom stereocenters. The van der Waals surface area contributed by atoms with Gasteiger partial charge < -0.3 is 10.6 Å². The maximum atomic E-state index is 12.2. The first-order chi connectivity index (χ1) is 8.81. The predicted octanol–water partition coefficient (Wildman–Crippen LogP) is 2.20. The summed E-state index contributed by atoms with van der Waals surface area (Å²) in [4.78, 5) is 18.1. The molecule has 1 saturated heterocycles. The second-order valence-corrected chi connectivity index (χ2v) is 4.83. The third kappa shape index (κ3) is 5.27. The minimum absolute atomic E-state index is 0. The van der Waals surface area contributed by atoms with E-state index in [1.165, 1.54) is 12.0 Å². The minimum Gasteiger partial charge on any atom is -0.338 e. The van der Waals surface area contributed by atoms with Crippen LogP contribution < -0.4 is 5.73 Å². The monoisotopic (exact) mass is 319 g/mol. The normalized spacial score (nSPS) is 17.9. The molecule has 1 amide bonds. The van der Waals surface area contributed by atoms with Crippen molar-refractivity contribution < 1.29 is 4.79 Å². The van der Waals surface area contributed by atoms with Gasteiger partial charge in [0, 0.05) is 37.9 Å². The van der Waals surface area contributed by atoms with Gasteiger partial charge in [-0.15, -0.1) is 24.8 Å². The Balaban J connectivity index is 0.00000180. The van der Waals surface area contributed by atoms with Crippen molar-refractivity contribution in [2.45, 2.75) is 38.1 Å². The number of halogens is 2. The average Bonchev–Trinajstić information content (AvgIpc) is 2.45. The molecule has 6 heteroatoms. The summed E-state index contributed by atoms with van der Waals surface area (Å²) in [5.74, 6) is 0.238. The third-order valence-electron chi connectivity index (χ3n) is 3.60. The molecule has 1 aliphatic rings. The third-order valence-corrected chi connectivity index (χ3v) is 3.60. The van der Waals surface area contributed by atoms with Gasteiger partial charge in [-0.25, -0.2) is 0 Å². The lowest BCUT2D eigenvalue weighted by Gasteiger charge is -2.35. The van der Waals surface area contributed by atoms with Crippen LogP contribution in [0.2, 0.25) is 0 Å². The first kappa shape index (κ1) is 19.2. The zero-order chi connectivity index (χ0) is 12.8. The number of rotatable bonds is 4. The molecule has 0 aromatic carbocycles. The van der Waals surface area contributed by atoms with Crippen LogP contribution in [0.4, 0.5) is 0 Å². The van der Waals surface area contributed by atoms with E-state index in [4.69, 9.17) is 5.73 Å². The molecule has 1 aromatic rings. The van der Waals surface area contributed by atoms with Crippen LogP contribution in [0.1, 0.15) is 31.2 Å². The highest BCUT2D eigenvalue weighted by molar-refractivity contribution is 5.85. The Bertz CT molecular complexity index is 389. The summed E-state index contributed by atoms with van der Waals surface area (Å²) < 4.78 is 0. The van der Waals surface area contributed by atoms with Gasteiger partial charge in [-0.1, -0.05) is 0 Å². The second-order valence-electron chi connectivity index (χ2n) is 4.83. The number of nitrogens with two attached hydrogens (primary N) is 1. The van der Waals surface area contributed by atoms with E-state index >= 15 is 0 Å². The van der Waals surface area contributed by atoms with Crippen LogP contribution in [0.15, 0.2) is 24.5 Å². The fourth-order valence-electron chi connectivity index (χ4n) is 2.52. The molecule has 4 nitrogen and oxygen atoms in total. The smallest absolute Gasteiger partial charge is 0.223 e. The molecule has 1 atom stereocenters. The van der Waals surface area contributed by atoms with Gasteiger partial charge >= 0.3 is 0 Å². The van der Waals surface area contributed by atoms with Crippen LogP contribution in [0.5, 0.6) is 0 Å². The van der Waals surface area contributed by atoms with Crippen LogP contribution in [0.3, 0.4) is 0 Å². The Morgan fingerprint density at radius 3 is 2.65 bits per heavy atom. The zero-order valence-corrected chi connectivity index (χ0v) is 13.2. The van der Waals surface area contributed by atoms with Gasteiger partial charge in [0.1, 0.15) is 0 Å². The Labute approximate surface area is 132 Å². The lowest BCUT2D eigenvalue weighted by Crippen LogP contribution is -2.47. The number of piperidine rings is 1. The molecule has 2 heterocycles. The number of pyridine rings is 1. The maximum Gasteiger partial charge on any atom is 0.223 e. The van der Waals surface area contributed by atoms with Crippen molar-refractivity contribution in [3.05, 3.63) is 30.1 Å². The minimum atomic E-state index is 0. The number of aromatic nitrogens is 1. The second kappa shape index (κ2) is 9.97. The van der Waals surface area contributed by atoms with Crippen molar-refractivity contribution >= 4 is 30.7 Å². The molecule has 0 radical (unpaired) electrons. The first-order valence-electron chi connectivity index (χ1n) is 6.69.